The molecule has 18 heavy (non-hydrogen) atoms. The monoisotopic (exact) mass is 266 g/mol. The minimum absolute atomic E-state index is 0.215. The number of aryl methyl sites for hydroxylation is 1. The van der Waals surface area contributed by atoms with E-state index in [1.807, 2.05) is 13.8 Å². The molecule has 2 rings (SSSR count). The molecule has 0 spiro atoms. The van der Waals surface area contributed by atoms with Crippen LogP contribution in [0, 0.1) is 6.92 Å². The number of carboxylic acid groups (broad SMARTS) is 1. The van der Waals surface area contributed by atoms with Crippen LogP contribution in [0.5, 0.6) is 0 Å². The second-order valence-corrected chi connectivity index (χ2v) is 6.27. The third-order valence-corrected chi connectivity index (χ3v) is 4.46. The molecule has 1 N–H and O–H groups in total. The maximum absolute atomic E-state index is 11.3. The SMILES string of the molecule is Cc1nc(C(C)C)nc(SC2CCC2)c1C(=O)O. The maximum Gasteiger partial charge on any atom is 0.340 e. The number of hydrogen-bond acceptors (Lipinski definition) is 4. The van der Waals surface area contributed by atoms with Gasteiger partial charge in [-0.15, -0.1) is 11.8 Å². The quantitative estimate of drug-likeness (QED) is 0.847. The van der Waals surface area contributed by atoms with E-state index in [0.29, 0.717) is 16.0 Å². The summed E-state index contributed by atoms with van der Waals surface area (Å²) in [5.41, 5.74) is 0.847. The van der Waals surface area contributed by atoms with E-state index in [1.165, 1.54) is 6.42 Å². The Labute approximate surface area is 111 Å². The summed E-state index contributed by atoms with van der Waals surface area (Å²) in [6, 6.07) is 0. The van der Waals surface area contributed by atoms with Gasteiger partial charge in [0.15, 0.2) is 0 Å². The Kier molecular flexibility index (Phi) is 3.90. The molecule has 1 aromatic rings. The number of nitrogens with zero attached hydrogens (tertiary/aromatic N) is 2. The molecule has 0 bridgehead atoms. The summed E-state index contributed by atoms with van der Waals surface area (Å²) in [5.74, 6) is 0.0243. The molecule has 0 atom stereocenters. The van der Waals surface area contributed by atoms with Gasteiger partial charge < -0.3 is 5.11 Å². The van der Waals surface area contributed by atoms with Crippen molar-refractivity contribution in [3.8, 4) is 0 Å². The van der Waals surface area contributed by atoms with Gasteiger partial charge in [0.2, 0.25) is 0 Å². The average Bonchev–Trinajstić information content (AvgIpc) is 2.21. The molecule has 98 valence electrons. The smallest absolute Gasteiger partial charge is 0.340 e. The molecule has 4 nitrogen and oxygen atoms in total. The van der Waals surface area contributed by atoms with Crippen LogP contribution in [-0.4, -0.2) is 26.3 Å². The van der Waals surface area contributed by atoms with Gasteiger partial charge >= 0.3 is 5.97 Å². The van der Waals surface area contributed by atoms with E-state index in [-0.39, 0.29) is 11.5 Å². The Balaban J connectivity index is 2.40. The van der Waals surface area contributed by atoms with E-state index in [2.05, 4.69) is 9.97 Å². The van der Waals surface area contributed by atoms with Crippen LogP contribution in [0.1, 0.15) is 60.9 Å². The number of carboxylic acids is 1. The van der Waals surface area contributed by atoms with Crippen molar-refractivity contribution < 1.29 is 9.90 Å². The highest BCUT2D eigenvalue weighted by Crippen LogP contribution is 2.37. The van der Waals surface area contributed by atoms with Crippen molar-refractivity contribution in [1.82, 2.24) is 9.97 Å². The first-order valence-electron chi connectivity index (χ1n) is 6.27. The fraction of sp³-hybridized carbons (Fsp3) is 0.615. The molecule has 1 aliphatic carbocycles. The fourth-order valence-corrected chi connectivity index (χ4v) is 3.19. The lowest BCUT2D eigenvalue weighted by Gasteiger charge is -2.25. The summed E-state index contributed by atoms with van der Waals surface area (Å²) in [7, 11) is 0. The molecule has 1 saturated carbocycles. The second-order valence-electron chi connectivity index (χ2n) is 4.98. The highest BCUT2D eigenvalue weighted by atomic mass is 32.2. The summed E-state index contributed by atoms with van der Waals surface area (Å²) in [4.78, 5) is 20.1. The van der Waals surface area contributed by atoms with E-state index < -0.39 is 5.97 Å². The van der Waals surface area contributed by atoms with Crippen molar-refractivity contribution in [2.24, 2.45) is 0 Å². The van der Waals surface area contributed by atoms with Crippen LogP contribution in [0.2, 0.25) is 0 Å². The third-order valence-electron chi connectivity index (χ3n) is 3.13. The highest BCUT2D eigenvalue weighted by molar-refractivity contribution is 8.00. The molecule has 1 heterocycles. The highest BCUT2D eigenvalue weighted by Gasteiger charge is 2.25. The first kappa shape index (κ1) is 13.3. The average molecular weight is 266 g/mol. The molecule has 0 amide bonds. The van der Waals surface area contributed by atoms with Gasteiger partial charge in [0.05, 0.1) is 5.69 Å². The topological polar surface area (TPSA) is 63.1 Å². The van der Waals surface area contributed by atoms with Crippen LogP contribution in [0.25, 0.3) is 0 Å². The largest absolute Gasteiger partial charge is 0.478 e. The summed E-state index contributed by atoms with van der Waals surface area (Å²) < 4.78 is 0. The Bertz CT molecular complexity index is 470. The van der Waals surface area contributed by atoms with Crippen LogP contribution in [0.4, 0.5) is 0 Å². The van der Waals surface area contributed by atoms with Crippen LogP contribution in [0.15, 0.2) is 5.03 Å². The van der Waals surface area contributed by atoms with E-state index in [9.17, 15) is 9.90 Å². The van der Waals surface area contributed by atoms with Crippen molar-refractivity contribution in [3.05, 3.63) is 17.1 Å². The zero-order chi connectivity index (χ0) is 13.3. The van der Waals surface area contributed by atoms with Gasteiger partial charge in [-0.05, 0) is 19.8 Å². The molecule has 1 aromatic heterocycles. The maximum atomic E-state index is 11.3. The predicted octanol–water partition coefficient (Wildman–Crippen LogP) is 3.25. The van der Waals surface area contributed by atoms with Gasteiger partial charge in [0.25, 0.3) is 0 Å². The van der Waals surface area contributed by atoms with Crippen molar-refractivity contribution >= 4 is 17.7 Å². The van der Waals surface area contributed by atoms with E-state index in [0.717, 1.165) is 18.7 Å². The van der Waals surface area contributed by atoms with E-state index >= 15 is 0 Å². The molecule has 0 saturated heterocycles. The summed E-state index contributed by atoms with van der Waals surface area (Å²) in [5, 5.41) is 10.5. The normalized spacial score (nSPS) is 15.8. The first-order chi connectivity index (χ1) is 8.49. The molecule has 0 aliphatic heterocycles. The Morgan fingerprint density at radius 1 is 1.39 bits per heavy atom. The Hall–Kier alpha value is -1.10. The minimum atomic E-state index is -0.926. The minimum Gasteiger partial charge on any atom is -0.478 e. The molecular formula is C13H18N2O2S. The number of carbonyl (C=O) groups is 1. The van der Waals surface area contributed by atoms with E-state index in [4.69, 9.17) is 0 Å². The van der Waals surface area contributed by atoms with Crippen molar-refractivity contribution in [1.29, 1.82) is 0 Å². The van der Waals surface area contributed by atoms with Gasteiger partial charge in [0.1, 0.15) is 16.4 Å². The van der Waals surface area contributed by atoms with Gasteiger partial charge in [-0.3, -0.25) is 0 Å². The lowest BCUT2D eigenvalue weighted by Crippen LogP contribution is -2.16. The molecule has 0 radical (unpaired) electrons. The zero-order valence-corrected chi connectivity index (χ0v) is 11.8. The lowest BCUT2D eigenvalue weighted by atomic mass is 10.0. The van der Waals surface area contributed by atoms with Crippen LogP contribution in [0.3, 0.4) is 0 Å². The number of thioether (sulfide) groups is 1. The molecular weight excluding hydrogens is 248 g/mol. The van der Waals surface area contributed by atoms with E-state index in [1.54, 1.807) is 18.7 Å². The lowest BCUT2D eigenvalue weighted by molar-refractivity contribution is 0.0690. The molecule has 1 aliphatic rings. The number of aromatic carboxylic acids is 1. The van der Waals surface area contributed by atoms with Crippen LogP contribution in [-0.2, 0) is 0 Å². The molecule has 0 unspecified atom stereocenters. The Morgan fingerprint density at radius 2 is 2.06 bits per heavy atom. The van der Waals surface area contributed by atoms with Crippen LogP contribution >= 0.6 is 11.8 Å². The molecule has 0 aromatic carbocycles. The van der Waals surface area contributed by atoms with Crippen LogP contribution < -0.4 is 0 Å². The predicted molar refractivity (Wildman–Crippen MR) is 71.3 cm³/mol. The Morgan fingerprint density at radius 3 is 2.50 bits per heavy atom. The fourth-order valence-electron chi connectivity index (χ4n) is 1.80. The van der Waals surface area contributed by atoms with Crippen molar-refractivity contribution in [3.63, 3.8) is 0 Å². The van der Waals surface area contributed by atoms with Crippen molar-refractivity contribution in [2.75, 3.05) is 0 Å². The zero-order valence-electron chi connectivity index (χ0n) is 10.9. The number of rotatable bonds is 4. The third kappa shape index (κ3) is 2.66. The van der Waals surface area contributed by atoms with Gasteiger partial charge in [-0.25, -0.2) is 14.8 Å². The number of aromatic nitrogens is 2. The van der Waals surface area contributed by atoms with Crippen molar-refractivity contribution in [2.45, 2.75) is 56.2 Å². The molecule has 1 fully saturated rings. The summed E-state index contributed by atoms with van der Waals surface area (Å²) in [6.07, 6.45) is 3.55. The van der Waals surface area contributed by atoms with Gasteiger partial charge in [0, 0.05) is 11.2 Å². The standard InChI is InChI=1S/C13H18N2O2S/c1-7(2)11-14-8(3)10(13(16)17)12(15-11)18-9-5-4-6-9/h7,9H,4-6H2,1-3H3,(H,16,17). The summed E-state index contributed by atoms with van der Waals surface area (Å²) >= 11 is 1.60. The second kappa shape index (κ2) is 5.26. The summed E-state index contributed by atoms with van der Waals surface area (Å²) in [6.45, 7) is 5.79. The molecule has 5 heteroatoms. The van der Waals surface area contributed by atoms with Gasteiger partial charge in [-0.2, -0.15) is 0 Å². The number of hydrogen-bond donors (Lipinski definition) is 1. The first-order valence-corrected chi connectivity index (χ1v) is 7.15. The van der Waals surface area contributed by atoms with Gasteiger partial charge in [-0.1, -0.05) is 20.3 Å².